The van der Waals surface area contributed by atoms with E-state index in [-0.39, 0.29) is 11.9 Å². The minimum Gasteiger partial charge on any atom is -0.493 e. The van der Waals surface area contributed by atoms with Crippen LogP contribution < -0.4 is 5.73 Å². The van der Waals surface area contributed by atoms with Crippen LogP contribution in [0.4, 0.5) is 5.82 Å². The molecule has 0 aliphatic heterocycles. The van der Waals surface area contributed by atoms with Crippen molar-refractivity contribution < 1.29 is 5.11 Å². The van der Waals surface area contributed by atoms with E-state index in [0.717, 1.165) is 31.4 Å². The summed E-state index contributed by atoms with van der Waals surface area (Å²) >= 11 is 2.16. The van der Waals surface area contributed by atoms with E-state index in [4.69, 9.17) is 10.8 Å². The van der Waals surface area contributed by atoms with Gasteiger partial charge in [-0.2, -0.15) is 5.10 Å². The minimum atomic E-state index is -0.138. The number of pyridine rings is 2. The SMILES string of the molecule is CC(c1cc2ccccn2c1-c1ccnc(O)c1)n1nc(I)c2c(N)ncnc21. The summed E-state index contributed by atoms with van der Waals surface area (Å²) in [6.45, 7) is 2.07. The first-order valence-corrected chi connectivity index (χ1v) is 10.0. The van der Waals surface area contributed by atoms with Crippen molar-refractivity contribution in [3.63, 3.8) is 0 Å². The van der Waals surface area contributed by atoms with Crippen molar-refractivity contribution in [1.82, 2.24) is 29.1 Å². The van der Waals surface area contributed by atoms with E-state index in [0.29, 0.717) is 11.5 Å². The maximum absolute atomic E-state index is 9.94. The van der Waals surface area contributed by atoms with Gasteiger partial charge < -0.3 is 15.2 Å². The molecule has 0 amide bonds. The van der Waals surface area contributed by atoms with Crippen LogP contribution in [0.2, 0.25) is 0 Å². The van der Waals surface area contributed by atoms with Crippen molar-refractivity contribution in [3.05, 3.63) is 64.4 Å². The molecule has 9 heteroatoms. The summed E-state index contributed by atoms with van der Waals surface area (Å²) in [6.07, 6.45) is 5.06. The molecule has 5 rings (SSSR count). The molecule has 8 nitrogen and oxygen atoms in total. The maximum Gasteiger partial charge on any atom is 0.211 e. The summed E-state index contributed by atoms with van der Waals surface area (Å²) in [7, 11) is 0. The average Bonchev–Trinajstić information content (AvgIpc) is 3.26. The highest BCUT2D eigenvalue weighted by Crippen LogP contribution is 2.36. The molecule has 0 aliphatic rings. The zero-order valence-electron chi connectivity index (χ0n) is 15.4. The Balaban J connectivity index is 1.78. The topological polar surface area (TPSA) is 107 Å². The number of nitrogens with zero attached hydrogens (tertiary/aromatic N) is 6. The lowest BCUT2D eigenvalue weighted by Crippen LogP contribution is -2.10. The number of halogens is 1. The number of hydrogen-bond acceptors (Lipinski definition) is 6. The molecule has 0 fully saturated rings. The van der Waals surface area contributed by atoms with Crippen LogP contribution in [-0.4, -0.2) is 34.2 Å². The Morgan fingerprint density at radius 1 is 1.14 bits per heavy atom. The Bertz CT molecular complexity index is 1370. The predicted octanol–water partition coefficient (Wildman–Crippen LogP) is 3.64. The lowest BCUT2D eigenvalue weighted by Gasteiger charge is -2.15. The van der Waals surface area contributed by atoms with Gasteiger partial charge in [0.25, 0.3) is 0 Å². The van der Waals surface area contributed by atoms with Gasteiger partial charge in [0.2, 0.25) is 5.88 Å². The molecule has 5 heterocycles. The van der Waals surface area contributed by atoms with E-state index in [1.165, 1.54) is 6.33 Å². The summed E-state index contributed by atoms with van der Waals surface area (Å²) in [5.41, 5.74) is 10.7. The van der Waals surface area contributed by atoms with Gasteiger partial charge in [-0.1, -0.05) is 6.07 Å². The number of nitrogens with two attached hydrogens (primary N) is 1. The van der Waals surface area contributed by atoms with Crippen LogP contribution in [-0.2, 0) is 0 Å². The van der Waals surface area contributed by atoms with Gasteiger partial charge >= 0.3 is 0 Å². The van der Waals surface area contributed by atoms with E-state index in [1.807, 2.05) is 35.1 Å². The summed E-state index contributed by atoms with van der Waals surface area (Å²) in [5.74, 6) is 0.394. The smallest absolute Gasteiger partial charge is 0.211 e. The molecule has 5 aromatic rings. The molecule has 0 saturated heterocycles. The first-order chi connectivity index (χ1) is 14.0. The lowest BCUT2D eigenvalue weighted by molar-refractivity contribution is 0.454. The number of aromatic hydroxyl groups is 1. The van der Waals surface area contributed by atoms with E-state index in [1.54, 1.807) is 12.3 Å². The Morgan fingerprint density at radius 2 is 2.00 bits per heavy atom. The van der Waals surface area contributed by atoms with Crippen LogP contribution >= 0.6 is 22.6 Å². The summed E-state index contributed by atoms with van der Waals surface area (Å²) < 4.78 is 4.73. The quantitative estimate of drug-likeness (QED) is 0.369. The molecule has 1 unspecified atom stereocenters. The minimum absolute atomic E-state index is 0.0217. The van der Waals surface area contributed by atoms with Crippen LogP contribution in [0.1, 0.15) is 18.5 Å². The number of nitrogen functional groups attached to an aromatic ring is 1. The van der Waals surface area contributed by atoms with Gasteiger partial charge in [-0.15, -0.1) is 0 Å². The van der Waals surface area contributed by atoms with Crippen molar-refractivity contribution in [2.24, 2.45) is 0 Å². The second-order valence-electron chi connectivity index (χ2n) is 6.72. The zero-order valence-corrected chi connectivity index (χ0v) is 17.5. The van der Waals surface area contributed by atoms with Crippen molar-refractivity contribution in [3.8, 4) is 17.1 Å². The highest BCUT2D eigenvalue weighted by molar-refractivity contribution is 14.1. The van der Waals surface area contributed by atoms with E-state index in [2.05, 4.69) is 54.9 Å². The average molecular weight is 497 g/mol. The first-order valence-electron chi connectivity index (χ1n) is 8.94. The van der Waals surface area contributed by atoms with Crippen LogP contribution in [0.3, 0.4) is 0 Å². The van der Waals surface area contributed by atoms with Gasteiger partial charge in [-0.05, 0) is 53.8 Å². The number of aromatic nitrogens is 6. The van der Waals surface area contributed by atoms with Crippen LogP contribution in [0.15, 0.2) is 55.1 Å². The Kier molecular flexibility index (Phi) is 4.12. The third-order valence-corrected chi connectivity index (χ3v) is 5.78. The largest absolute Gasteiger partial charge is 0.493 e. The molecule has 0 aromatic carbocycles. The third kappa shape index (κ3) is 2.80. The number of anilines is 1. The molecule has 29 heavy (non-hydrogen) atoms. The van der Waals surface area contributed by atoms with Crippen LogP contribution in [0.25, 0.3) is 27.8 Å². The van der Waals surface area contributed by atoms with Crippen LogP contribution in [0.5, 0.6) is 5.88 Å². The second-order valence-corrected chi connectivity index (χ2v) is 7.74. The van der Waals surface area contributed by atoms with E-state index >= 15 is 0 Å². The Morgan fingerprint density at radius 3 is 2.83 bits per heavy atom. The predicted molar refractivity (Wildman–Crippen MR) is 119 cm³/mol. The molecular weight excluding hydrogens is 481 g/mol. The maximum atomic E-state index is 9.94. The van der Waals surface area contributed by atoms with Crippen molar-refractivity contribution in [2.45, 2.75) is 13.0 Å². The van der Waals surface area contributed by atoms with E-state index in [9.17, 15) is 5.11 Å². The molecule has 1 atom stereocenters. The molecule has 0 radical (unpaired) electrons. The van der Waals surface area contributed by atoms with Gasteiger partial charge in [0, 0.05) is 35.1 Å². The zero-order chi connectivity index (χ0) is 20.1. The van der Waals surface area contributed by atoms with Gasteiger partial charge in [-0.3, -0.25) is 0 Å². The molecular formula is C20H16IN7O. The van der Waals surface area contributed by atoms with Crippen molar-refractivity contribution in [2.75, 3.05) is 5.73 Å². The fraction of sp³-hybridized carbons (Fsp3) is 0.100. The normalized spacial score (nSPS) is 12.6. The number of hydrogen-bond donors (Lipinski definition) is 2. The fourth-order valence-corrected chi connectivity index (χ4v) is 4.44. The van der Waals surface area contributed by atoms with Crippen molar-refractivity contribution in [1.29, 1.82) is 0 Å². The number of rotatable bonds is 3. The third-order valence-electron chi connectivity index (χ3n) is 5.02. The van der Waals surface area contributed by atoms with Gasteiger partial charge in [0.1, 0.15) is 15.8 Å². The lowest BCUT2D eigenvalue weighted by atomic mass is 10.0. The molecule has 0 spiro atoms. The van der Waals surface area contributed by atoms with Gasteiger partial charge in [0.05, 0.1) is 17.1 Å². The second kappa shape index (κ2) is 6.69. The summed E-state index contributed by atoms with van der Waals surface area (Å²) in [4.78, 5) is 12.4. The van der Waals surface area contributed by atoms with Gasteiger partial charge in [-0.25, -0.2) is 19.6 Å². The summed E-state index contributed by atoms with van der Waals surface area (Å²) in [5, 5.41) is 15.4. The first kappa shape index (κ1) is 17.9. The fourth-order valence-electron chi connectivity index (χ4n) is 3.69. The molecule has 144 valence electrons. The van der Waals surface area contributed by atoms with Gasteiger partial charge in [0.15, 0.2) is 5.65 Å². The molecule has 3 N–H and O–H groups in total. The standard InChI is InChI=1S/C20H16IN7O/c1-11(28-20-16(18(21)26-28)19(22)24-10-25-20)14-9-13-4-2-3-7-27(13)17(14)12-5-6-23-15(29)8-12/h2-11H,1H3,(H,23,29)(H2,22,24,25). The van der Waals surface area contributed by atoms with Crippen LogP contribution in [0, 0.1) is 3.70 Å². The van der Waals surface area contributed by atoms with Crippen molar-refractivity contribution >= 4 is 45.0 Å². The molecule has 0 saturated carbocycles. The monoisotopic (exact) mass is 497 g/mol. The molecule has 5 aromatic heterocycles. The van der Waals surface area contributed by atoms with E-state index < -0.39 is 0 Å². The number of fused-ring (bicyclic) bond motifs is 2. The Labute approximate surface area is 179 Å². The summed E-state index contributed by atoms with van der Waals surface area (Å²) in [6, 6.07) is 11.6. The molecule has 0 aliphatic carbocycles. The Hall–Kier alpha value is -3.21. The molecule has 0 bridgehead atoms. The highest BCUT2D eigenvalue weighted by Gasteiger charge is 2.23. The highest BCUT2D eigenvalue weighted by atomic mass is 127.